The zero-order valence-corrected chi connectivity index (χ0v) is 8.92. The second-order valence-electron chi connectivity index (χ2n) is 2.74. The van der Waals surface area contributed by atoms with Gasteiger partial charge in [-0.3, -0.25) is 0 Å². The number of hydrogen-bond donors (Lipinski definition) is 0. The highest BCUT2D eigenvalue weighted by Gasteiger charge is 1.97. The van der Waals surface area contributed by atoms with Crippen LogP contribution in [0.5, 0.6) is 0 Å². The summed E-state index contributed by atoms with van der Waals surface area (Å²) in [6.45, 7) is 0.757. The lowest BCUT2D eigenvalue weighted by Crippen LogP contribution is -1.99. The summed E-state index contributed by atoms with van der Waals surface area (Å²) in [6, 6.07) is 0. The van der Waals surface area contributed by atoms with Crippen LogP contribution in [0, 0.1) is 0 Å². The summed E-state index contributed by atoms with van der Waals surface area (Å²) in [5.74, 6) is 3.90. The van der Waals surface area contributed by atoms with Crippen molar-refractivity contribution < 1.29 is 9.22 Å². The summed E-state index contributed by atoms with van der Waals surface area (Å²) in [6.07, 6.45) is 5.52. The van der Waals surface area contributed by atoms with Crippen molar-refractivity contribution in [1.29, 1.82) is 0 Å². The van der Waals surface area contributed by atoms with Gasteiger partial charge in [0, 0.05) is 17.8 Å². The van der Waals surface area contributed by atoms with E-state index in [1.54, 1.807) is 0 Å². The molecule has 0 atom stereocenters. The maximum Gasteiger partial charge on any atom is 0.0843 e. The molecule has 4 heteroatoms. The topological polar surface area (TPSA) is 18.5 Å². The van der Waals surface area contributed by atoms with Gasteiger partial charge in [-0.15, -0.1) is 0 Å². The minimum absolute atomic E-state index is 0.757. The van der Waals surface area contributed by atoms with Crippen molar-refractivity contribution in [3.63, 3.8) is 0 Å². The summed E-state index contributed by atoms with van der Waals surface area (Å²) in [7, 11) is 0. The molecule has 2 nitrogen and oxygen atoms in total. The highest BCUT2D eigenvalue weighted by Crippen LogP contribution is 2.14. The molecule has 0 aromatic carbocycles. The Kier molecular flexibility index (Phi) is 7.34. The normalized spacial score (nSPS) is 24.0. The first-order valence-electron chi connectivity index (χ1n) is 4.49. The molecule has 72 valence electrons. The van der Waals surface area contributed by atoms with Gasteiger partial charge in [0.15, 0.2) is 0 Å². The van der Waals surface area contributed by atoms with Crippen LogP contribution in [0.15, 0.2) is 0 Å². The maximum absolute atomic E-state index is 4.53. The monoisotopic (exact) mass is 208 g/mol. The van der Waals surface area contributed by atoms with Crippen LogP contribution in [0.2, 0.25) is 0 Å². The van der Waals surface area contributed by atoms with Crippen LogP contribution < -0.4 is 0 Å². The van der Waals surface area contributed by atoms with Crippen molar-refractivity contribution in [3.8, 4) is 0 Å². The van der Waals surface area contributed by atoms with Crippen LogP contribution in [0.25, 0.3) is 0 Å². The van der Waals surface area contributed by atoms with Gasteiger partial charge in [-0.1, -0.05) is 6.42 Å². The second kappa shape index (κ2) is 8.23. The fourth-order valence-corrected chi connectivity index (χ4v) is 2.43. The summed E-state index contributed by atoms with van der Waals surface area (Å²) >= 11 is 3.47. The molecule has 2 fully saturated rings. The van der Waals surface area contributed by atoms with E-state index in [4.69, 9.17) is 0 Å². The molecule has 2 aliphatic rings. The molecule has 0 aromatic rings. The first-order valence-corrected chi connectivity index (χ1v) is 6.55. The number of hydrogen-bond acceptors (Lipinski definition) is 4. The highest BCUT2D eigenvalue weighted by atomic mass is 32.2. The third kappa shape index (κ3) is 6.17. The summed E-state index contributed by atoms with van der Waals surface area (Å²) in [5.41, 5.74) is 0. The highest BCUT2D eigenvalue weighted by molar-refractivity contribution is 7.99. The van der Waals surface area contributed by atoms with Gasteiger partial charge < -0.3 is 0 Å². The summed E-state index contributed by atoms with van der Waals surface area (Å²) < 4.78 is 4.49. The molecule has 0 amide bonds. The lowest BCUT2D eigenvalue weighted by molar-refractivity contribution is -0.196. The maximum atomic E-state index is 4.53. The Balaban J connectivity index is 0.000000120. The van der Waals surface area contributed by atoms with Gasteiger partial charge in [0.25, 0.3) is 0 Å². The molecular formula is C8H16O2S2. The van der Waals surface area contributed by atoms with Gasteiger partial charge in [-0.25, -0.2) is 4.89 Å². The molecule has 0 radical (unpaired) electrons. The van der Waals surface area contributed by atoms with E-state index in [0.717, 1.165) is 18.8 Å². The summed E-state index contributed by atoms with van der Waals surface area (Å²) in [5, 5.41) is 0. The Bertz CT molecular complexity index is 58.0. The van der Waals surface area contributed by atoms with E-state index in [2.05, 4.69) is 21.0 Å². The largest absolute Gasteiger partial charge is 0.224 e. The number of thioether (sulfide) groups is 1. The standard InChI is InChI=1S/C5H10S.C3H6O2S/c1-2-4-6-5-3-1;1-2-4-5-6-3-1/h1-5H2;1-3H2. The smallest absolute Gasteiger partial charge is 0.0843 e. The Morgan fingerprint density at radius 2 is 1.67 bits per heavy atom. The molecule has 2 aliphatic heterocycles. The van der Waals surface area contributed by atoms with Crippen molar-refractivity contribution in [2.75, 3.05) is 23.9 Å². The van der Waals surface area contributed by atoms with Crippen LogP contribution in [0.4, 0.5) is 0 Å². The molecule has 0 N–H and O–H groups in total. The zero-order chi connectivity index (χ0) is 8.49. The van der Waals surface area contributed by atoms with Crippen molar-refractivity contribution in [1.82, 2.24) is 0 Å². The van der Waals surface area contributed by atoms with Crippen molar-refractivity contribution in [2.24, 2.45) is 0 Å². The van der Waals surface area contributed by atoms with Gasteiger partial charge >= 0.3 is 0 Å². The lowest BCUT2D eigenvalue weighted by atomic mass is 10.3. The fourth-order valence-electron chi connectivity index (χ4n) is 0.966. The van der Waals surface area contributed by atoms with Crippen LogP contribution in [-0.2, 0) is 9.22 Å². The molecule has 0 aromatic heterocycles. The molecule has 0 bridgehead atoms. The first-order chi connectivity index (χ1) is 6.00. The average Bonchev–Trinajstić information content (AvgIpc) is 2.24. The van der Waals surface area contributed by atoms with Gasteiger partial charge in [-0.05, 0) is 30.8 Å². The molecule has 0 spiro atoms. The van der Waals surface area contributed by atoms with Crippen LogP contribution in [0.3, 0.4) is 0 Å². The van der Waals surface area contributed by atoms with E-state index in [1.165, 1.54) is 42.8 Å². The van der Waals surface area contributed by atoms with Crippen LogP contribution in [0.1, 0.15) is 25.7 Å². The van der Waals surface area contributed by atoms with Gasteiger partial charge in [0.2, 0.25) is 0 Å². The van der Waals surface area contributed by atoms with E-state index in [0.29, 0.717) is 0 Å². The fraction of sp³-hybridized carbons (Fsp3) is 1.00. The number of rotatable bonds is 0. The first kappa shape index (κ1) is 10.7. The Hall–Kier alpha value is 0.620. The van der Waals surface area contributed by atoms with Crippen molar-refractivity contribution in [2.45, 2.75) is 25.7 Å². The van der Waals surface area contributed by atoms with Crippen molar-refractivity contribution in [3.05, 3.63) is 0 Å². The zero-order valence-electron chi connectivity index (χ0n) is 7.29. The van der Waals surface area contributed by atoms with E-state index >= 15 is 0 Å². The van der Waals surface area contributed by atoms with E-state index in [1.807, 2.05) is 0 Å². The predicted octanol–water partition coefficient (Wildman–Crippen LogP) is 2.89. The van der Waals surface area contributed by atoms with Gasteiger partial charge in [-0.2, -0.15) is 16.1 Å². The van der Waals surface area contributed by atoms with Gasteiger partial charge in [0.1, 0.15) is 0 Å². The Morgan fingerprint density at radius 1 is 0.833 bits per heavy atom. The van der Waals surface area contributed by atoms with E-state index < -0.39 is 0 Å². The third-order valence-corrected chi connectivity index (χ3v) is 3.43. The second-order valence-corrected chi connectivity index (χ2v) is 4.74. The predicted molar refractivity (Wildman–Crippen MR) is 55.3 cm³/mol. The molecule has 0 unspecified atom stereocenters. The van der Waals surface area contributed by atoms with E-state index in [-0.39, 0.29) is 0 Å². The Morgan fingerprint density at radius 3 is 1.83 bits per heavy atom. The molecular weight excluding hydrogens is 192 g/mol. The molecule has 2 heterocycles. The van der Waals surface area contributed by atoms with Crippen LogP contribution >= 0.6 is 23.8 Å². The summed E-state index contributed by atoms with van der Waals surface area (Å²) in [4.78, 5) is 4.53. The molecule has 12 heavy (non-hydrogen) atoms. The molecule has 2 rings (SSSR count). The third-order valence-electron chi connectivity index (χ3n) is 1.63. The quantitative estimate of drug-likeness (QED) is 0.450. The van der Waals surface area contributed by atoms with Crippen molar-refractivity contribution >= 4 is 23.8 Å². The lowest BCUT2D eigenvalue weighted by Gasteiger charge is -2.05. The molecule has 2 saturated heterocycles. The molecule has 0 saturated carbocycles. The SMILES string of the molecule is C1CCSCC1.C1COOSC1. The average molecular weight is 208 g/mol. The minimum atomic E-state index is 0.757. The van der Waals surface area contributed by atoms with Gasteiger partial charge in [0.05, 0.1) is 6.61 Å². The van der Waals surface area contributed by atoms with E-state index in [9.17, 15) is 0 Å². The Labute approximate surface area is 82.9 Å². The van der Waals surface area contributed by atoms with Crippen LogP contribution in [-0.4, -0.2) is 23.9 Å². The minimum Gasteiger partial charge on any atom is -0.224 e. The molecule has 0 aliphatic carbocycles.